The van der Waals surface area contributed by atoms with Crippen molar-refractivity contribution in [2.45, 2.75) is 47.1 Å². The van der Waals surface area contributed by atoms with Crippen LogP contribution in [-0.4, -0.2) is 15.7 Å². The van der Waals surface area contributed by atoms with Gasteiger partial charge in [-0.25, -0.2) is 4.39 Å². The molecule has 1 amide bonds. The molecule has 5 nitrogen and oxygen atoms in total. The number of benzene rings is 2. The molecule has 0 spiro atoms. The second-order valence-electron chi connectivity index (χ2n) is 7.19. The number of aryl methyl sites for hydroxylation is 1. The van der Waals surface area contributed by atoms with Gasteiger partial charge in [0.1, 0.15) is 11.9 Å². The molecule has 1 heterocycles. The summed E-state index contributed by atoms with van der Waals surface area (Å²) in [5, 5.41) is 14.0. The lowest BCUT2D eigenvalue weighted by molar-refractivity contribution is 0.0996. The standard InChI is InChI=1S/C20H16ClFN4O.C4H10/c1-11-19(14-4-5-15(9-23)17(21)8-14)12(2)26(25-11)10-13-3-6-18(22)16(7-13)20(24)27;1-3-4-2/h3-8H,10H2,1-2H3,(H2,24,27);3-4H2,1-2H3. The molecule has 162 valence electrons. The summed E-state index contributed by atoms with van der Waals surface area (Å²) in [7, 11) is 0. The maximum absolute atomic E-state index is 13.7. The first-order chi connectivity index (χ1) is 14.7. The average Bonchev–Trinajstić information content (AvgIpc) is 3.02. The average molecular weight is 441 g/mol. The van der Waals surface area contributed by atoms with Crippen molar-refractivity contribution in [1.29, 1.82) is 5.26 Å². The van der Waals surface area contributed by atoms with E-state index in [0.717, 1.165) is 22.5 Å². The van der Waals surface area contributed by atoms with Gasteiger partial charge in [0.2, 0.25) is 0 Å². The van der Waals surface area contributed by atoms with Gasteiger partial charge >= 0.3 is 0 Å². The first-order valence-electron chi connectivity index (χ1n) is 10.1. The van der Waals surface area contributed by atoms with Crippen molar-refractivity contribution in [2.24, 2.45) is 5.73 Å². The lowest BCUT2D eigenvalue weighted by Crippen LogP contribution is -2.14. The topological polar surface area (TPSA) is 84.7 Å². The van der Waals surface area contributed by atoms with Crippen LogP contribution >= 0.6 is 11.6 Å². The third-order valence-electron chi connectivity index (χ3n) is 4.89. The number of amides is 1. The number of hydrogen-bond acceptors (Lipinski definition) is 3. The van der Waals surface area contributed by atoms with E-state index in [1.165, 1.54) is 25.0 Å². The molecule has 0 aliphatic carbocycles. The van der Waals surface area contributed by atoms with Crippen molar-refractivity contribution in [3.63, 3.8) is 0 Å². The summed E-state index contributed by atoms with van der Waals surface area (Å²) < 4.78 is 15.4. The molecule has 2 N–H and O–H groups in total. The van der Waals surface area contributed by atoms with Gasteiger partial charge in [-0.2, -0.15) is 10.4 Å². The molecular weight excluding hydrogens is 415 g/mol. The smallest absolute Gasteiger partial charge is 0.251 e. The molecule has 1 aromatic heterocycles. The number of unbranched alkanes of at least 4 members (excludes halogenated alkanes) is 1. The van der Waals surface area contributed by atoms with Crippen LogP contribution in [0.4, 0.5) is 4.39 Å². The van der Waals surface area contributed by atoms with Gasteiger partial charge in [0.05, 0.1) is 28.4 Å². The van der Waals surface area contributed by atoms with E-state index in [4.69, 9.17) is 22.6 Å². The highest BCUT2D eigenvalue weighted by Gasteiger charge is 2.16. The SMILES string of the molecule is CCCC.Cc1nn(Cc2ccc(F)c(C(N)=O)c2)c(C)c1-c1ccc(C#N)c(Cl)c1. The number of halogens is 2. The first kappa shape index (κ1) is 24.1. The molecule has 0 aliphatic rings. The highest BCUT2D eigenvalue weighted by Crippen LogP contribution is 2.30. The number of nitriles is 1. The third-order valence-corrected chi connectivity index (χ3v) is 5.20. The van der Waals surface area contributed by atoms with E-state index in [1.807, 2.05) is 26.0 Å². The van der Waals surface area contributed by atoms with Gasteiger partial charge in [-0.1, -0.05) is 50.4 Å². The van der Waals surface area contributed by atoms with E-state index < -0.39 is 11.7 Å². The molecule has 0 fully saturated rings. The van der Waals surface area contributed by atoms with Crippen molar-refractivity contribution in [3.8, 4) is 17.2 Å². The van der Waals surface area contributed by atoms with Gasteiger partial charge in [-0.15, -0.1) is 0 Å². The Bertz CT molecular complexity index is 1130. The molecule has 0 saturated carbocycles. The molecule has 0 aliphatic heterocycles. The van der Waals surface area contributed by atoms with Crippen LogP contribution < -0.4 is 5.73 Å². The quantitative estimate of drug-likeness (QED) is 0.545. The van der Waals surface area contributed by atoms with E-state index in [0.29, 0.717) is 22.7 Å². The highest BCUT2D eigenvalue weighted by molar-refractivity contribution is 6.32. The van der Waals surface area contributed by atoms with Gasteiger partial charge in [0, 0.05) is 11.3 Å². The van der Waals surface area contributed by atoms with Crippen LogP contribution in [0.3, 0.4) is 0 Å². The van der Waals surface area contributed by atoms with E-state index in [-0.39, 0.29) is 5.56 Å². The molecule has 2 aromatic carbocycles. The summed E-state index contributed by atoms with van der Waals surface area (Å²) >= 11 is 6.15. The molecule has 31 heavy (non-hydrogen) atoms. The van der Waals surface area contributed by atoms with Crippen LogP contribution in [0.15, 0.2) is 36.4 Å². The van der Waals surface area contributed by atoms with Crippen LogP contribution in [0, 0.1) is 31.0 Å². The summed E-state index contributed by atoms with van der Waals surface area (Å²) in [6.07, 6.45) is 2.64. The minimum absolute atomic E-state index is 0.145. The predicted molar refractivity (Wildman–Crippen MR) is 121 cm³/mol. The summed E-state index contributed by atoms with van der Waals surface area (Å²) in [6, 6.07) is 11.5. The molecule has 0 atom stereocenters. The number of aromatic nitrogens is 2. The highest BCUT2D eigenvalue weighted by atomic mass is 35.5. The van der Waals surface area contributed by atoms with Gasteiger partial charge in [-0.3, -0.25) is 9.48 Å². The molecule has 3 aromatic rings. The fourth-order valence-electron chi connectivity index (χ4n) is 3.06. The maximum Gasteiger partial charge on any atom is 0.251 e. The second kappa shape index (κ2) is 10.7. The Kier molecular flexibility index (Phi) is 8.35. The second-order valence-corrected chi connectivity index (χ2v) is 7.60. The molecule has 0 unspecified atom stereocenters. The molecule has 0 bridgehead atoms. The lowest BCUT2D eigenvalue weighted by Gasteiger charge is -2.08. The van der Waals surface area contributed by atoms with Gasteiger partial charge < -0.3 is 5.73 Å². The number of rotatable bonds is 5. The zero-order valence-electron chi connectivity index (χ0n) is 18.2. The van der Waals surface area contributed by atoms with Crippen molar-refractivity contribution >= 4 is 17.5 Å². The summed E-state index contributed by atoms with van der Waals surface area (Å²) in [5.74, 6) is -1.46. The number of primary amides is 1. The Labute approximate surface area is 187 Å². The molecule has 3 rings (SSSR count). The summed E-state index contributed by atoms with van der Waals surface area (Å²) in [4.78, 5) is 11.3. The van der Waals surface area contributed by atoms with Crippen molar-refractivity contribution in [3.05, 3.63) is 75.3 Å². The minimum atomic E-state index is -0.810. The summed E-state index contributed by atoms with van der Waals surface area (Å²) in [6.45, 7) is 8.52. The van der Waals surface area contributed by atoms with Crippen LogP contribution in [0.2, 0.25) is 5.02 Å². The molecule has 0 saturated heterocycles. The predicted octanol–water partition coefficient (Wildman–Crippen LogP) is 5.78. The van der Waals surface area contributed by atoms with Crippen LogP contribution in [-0.2, 0) is 6.54 Å². The van der Waals surface area contributed by atoms with Gasteiger partial charge in [0.25, 0.3) is 5.91 Å². The summed E-state index contributed by atoms with van der Waals surface area (Å²) in [5.41, 5.74) is 9.64. The van der Waals surface area contributed by atoms with Crippen LogP contribution in [0.1, 0.15) is 59.6 Å². The van der Waals surface area contributed by atoms with Crippen LogP contribution in [0.5, 0.6) is 0 Å². The largest absolute Gasteiger partial charge is 0.366 e. The number of carbonyl (C=O) groups excluding carboxylic acids is 1. The number of hydrogen-bond donors (Lipinski definition) is 1. The fraction of sp³-hybridized carbons (Fsp3) is 0.292. The van der Waals surface area contributed by atoms with Crippen molar-refractivity contribution in [1.82, 2.24) is 9.78 Å². The van der Waals surface area contributed by atoms with E-state index >= 15 is 0 Å². The van der Waals surface area contributed by atoms with E-state index in [9.17, 15) is 9.18 Å². The van der Waals surface area contributed by atoms with E-state index in [1.54, 1.807) is 22.9 Å². The number of carbonyl (C=O) groups is 1. The van der Waals surface area contributed by atoms with Crippen LogP contribution in [0.25, 0.3) is 11.1 Å². The van der Waals surface area contributed by atoms with Crippen molar-refractivity contribution in [2.75, 3.05) is 0 Å². The Morgan fingerprint density at radius 1 is 1.19 bits per heavy atom. The molecule has 0 radical (unpaired) electrons. The molecular formula is C24H26ClFN4O. The normalized spacial score (nSPS) is 10.2. The Morgan fingerprint density at radius 3 is 2.42 bits per heavy atom. The zero-order chi connectivity index (χ0) is 23.1. The lowest BCUT2D eigenvalue weighted by atomic mass is 10.0. The fourth-order valence-corrected chi connectivity index (χ4v) is 3.29. The number of nitrogens with zero attached hydrogens (tertiary/aromatic N) is 3. The first-order valence-corrected chi connectivity index (χ1v) is 10.4. The van der Waals surface area contributed by atoms with Crippen molar-refractivity contribution < 1.29 is 9.18 Å². The Morgan fingerprint density at radius 2 is 1.87 bits per heavy atom. The van der Waals surface area contributed by atoms with Gasteiger partial charge in [-0.05, 0) is 49.2 Å². The number of nitrogens with two attached hydrogens (primary N) is 1. The van der Waals surface area contributed by atoms with E-state index in [2.05, 4.69) is 18.9 Å². The maximum atomic E-state index is 13.7. The monoisotopic (exact) mass is 440 g/mol. The molecule has 7 heteroatoms. The third kappa shape index (κ3) is 5.71. The van der Waals surface area contributed by atoms with Gasteiger partial charge in [0.15, 0.2) is 0 Å². The minimum Gasteiger partial charge on any atom is -0.366 e. The zero-order valence-corrected chi connectivity index (χ0v) is 18.9. The Hall–Kier alpha value is -3.17. The Balaban J connectivity index is 0.000000785.